The fourth-order valence-corrected chi connectivity index (χ4v) is 2.02. The first-order chi connectivity index (χ1) is 8.86. The zero-order valence-corrected chi connectivity index (χ0v) is 11.6. The van der Waals surface area contributed by atoms with Crippen LogP contribution in [-0.2, 0) is 12.7 Å². The van der Waals surface area contributed by atoms with Gasteiger partial charge in [0.1, 0.15) is 5.82 Å². The van der Waals surface area contributed by atoms with Gasteiger partial charge in [-0.3, -0.25) is 0 Å². The second kappa shape index (κ2) is 5.24. The Morgan fingerprint density at radius 2 is 2.11 bits per heavy atom. The van der Waals surface area contributed by atoms with Crippen molar-refractivity contribution < 1.29 is 13.2 Å². The Balaban J connectivity index is 2.20. The predicted molar refractivity (Wildman–Crippen MR) is 69.8 cm³/mol. The third-order valence-electron chi connectivity index (χ3n) is 2.51. The molecule has 0 amide bonds. The van der Waals surface area contributed by atoms with Gasteiger partial charge in [0.2, 0.25) is 0 Å². The van der Waals surface area contributed by atoms with Crippen molar-refractivity contribution >= 4 is 21.6 Å². The molecule has 0 aliphatic rings. The second-order valence-corrected chi connectivity index (χ2v) is 4.95. The van der Waals surface area contributed by atoms with Gasteiger partial charge < -0.3 is 10.3 Å². The van der Waals surface area contributed by atoms with Gasteiger partial charge in [-0.05, 0) is 25.1 Å². The summed E-state index contributed by atoms with van der Waals surface area (Å²) in [5.41, 5.74) is 0.0783. The van der Waals surface area contributed by atoms with E-state index in [0.29, 0.717) is 4.47 Å². The van der Waals surface area contributed by atoms with E-state index in [1.54, 1.807) is 19.2 Å². The number of rotatable bonds is 3. The molecule has 0 saturated carbocycles. The Hall–Kier alpha value is -1.50. The van der Waals surface area contributed by atoms with Crippen LogP contribution in [0.4, 0.5) is 18.9 Å². The maximum atomic E-state index is 12.9. The van der Waals surface area contributed by atoms with Crippen molar-refractivity contribution in [2.24, 2.45) is 0 Å². The molecule has 1 aromatic carbocycles. The van der Waals surface area contributed by atoms with Crippen LogP contribution >= 0.6 is 15.9 Å². The molecule has 0 spiro atoms. The summed E-state index contributed by atoms with van der Waals surface area (Å²) < 4.78 is 39.0. The lowest BCUT2D eigenvalue weighted by molar-refractivity contribution is -0.137. The molecule has 19 heavy (non-hydrogen) atoms. The number of anilines is 1. The molecule has 0 aliphatic heterocycles. The molecule has 0 aliphatic carbocycles. The normalized spacial score (nSPS) is 11.6. The quantitative estimate of drug-likeness (QED) is 0.887. The highest BCUT2D eigenvalue weighted by molar-refractivity contribution is 9.10. The number of hydrogen-bond acceptors (Lipinski definition) is 2. The van der Waals surface area contributed by atoms with E-state index in [0.717, 1.165) is 17.6 Å². The van der Waals surface area contributed by atoms with Gasteiger partial charge in [-0.25, -0.2) is 4.98 Å². The topological polar surface area (TPSA) is 40.7 Å². The van der Waals surface area contributed by atoms with Crippen LogP contribution in [0.15, 0.2) is 28.9 Å². The standard InChI is InChI=1S/C12H11BrF3N3/c1-7-17-5-9(19-7)6-18-11-3-2-8(13)4-10(11)12(14,15)16/h2-5,18H,6H2,1H3,(H,17,19). The Bertz CT molecular complexity index is 578. The van der Waals surface area contributed by atoms with Crippen molar-refractivity contribution in [3.05, 3.63) is 46.0 Å². The Morgan fingerprint density at radius 1 is 1.37 bits per heavy atom. The van der Waals surface area contributed by atoms with Crippen LogP contribution in [0.3, 0.4) is 0 Å². The number of aryl methyl sites for hydroxylation is 1. The third kappa shape index (κ3) is 3.50. The van der Waals surface area contributed by atoms with Gasteiger partial charge in [0.05, 0.1) is 24.0 Å². The minimum Gasteiger partial charge on any atom is -0.379 e. The van der Waals surface area contributed by atoms with Crippen LogP contribution in [0.5, 0.6) is 0 Å². The minimum absolute atomic E-state index is 0.0444. The SMILES string of the molecule is Cc1ncc(CNc2ccc(Br)cc2C(F)(F)F)[nH]1. The number of aromatic nitrogens is 2. The molecular formula is C12H11BrF3N3. The summed E-state index contributed by atoms with van der Waals surface area (Å²) in [6.45, 7) is 2.04. The molecule has 0 atom stereocenters. The summed E-state index contributed by atoms with van der Waals surface area (Å²) in [5.74, 6) is 0.726. The lowest BCUT2D eigenvalue weighted by atomic mass is 10.1. The number of alkyl halides is 3. The van der Waals surface area contributed by atoms with Crippen molar-refractivity contribution in [1.82, 2.24) is 9.97 Å². The van der Waals surface area contributed by atoms with Gasteiger partial charge in [-0.2, -0.15) is 13.2 Å². The molecule has 102 valence electrons. The Labute approximate surface area is 116 Å². The molecule has 0 bridgehead atoms. The molecule has 1 heterocycles. The predicted octanol–water partition coefficient (Wildman–Crippen LogP) is 4.11. The van der Waals surface area contributed by atoms with E-state index < -0.39 is 11.7 Å². The lowest BCUT2D eigenvalue weighted by Gasteiger charge is -2.14. The van der Waals surface area contributed by atoms with Crippen molar-refractivity contribution in [3.63, 3.8) is 0 Å². The summed E-state index contributed by atoms with van der Waals surface area (Å²) >= 11 is 3.04. The van der Waals surface area contributed by atoms with E-state index in [1.165, 1.54) is 6.07 Å². The molecule has 0 saturated heterocycles. The summed E-state index contributed by atoms with van der Waals surface area (Å²) in [4.78, 5) is 6.94. The van der Waals surface area contributed by atoms with Gasteiger partial charge >= 0.3 is 6.18 Å². The highest BCUT2D eigenvalue weighted by Gasteiger charge is 2.33. The van der Waals surface area contributed by atoms with Crippen LogP contribution < -0.4 is 5.32 Å². The summed E-state index contributed by atoms with van der Waals surface area (Å²) in [7, 11) is 0. The number of nitrogens with one attached hydrogen (secondary N) is 2. The number of H-pyrrole nitrogens is 1. The van der Waals surface area contributed by atoms with E-state index >= 15 is 0 Å². The molecule has 2 aromatic rings. The van der Waals surface area contributed by atoms with Gasteiger partial charge in [0.15, 0.2) is 0 Å². The van der Waals surface area contributed by atoms with Gasteiger partial charge in [0.25, 0.3) is 0 Å². The van der Waals surface area contributed by atoms with Crippen LogP contribution in [0, 0.1) is 6.92 Å². The molecule has 2 rings (SSSR count). The average Bonchev–Trinajstić information content (AvgIpc) is 2.72. The molecule has 0 fully saturated rings. The van der Waals surface area contributed by atoms with Crippen LogP contribution in [0.25, 0.3) is 0 Å². The fourth-order valence-electron chi connectivity index (χ4n) is 1.66. The highest BCUT2D eigenvalue weighted by Crippen LogP contribution is 2.36. The van der Waals surface area contributed by atoms with Crippen LogP contribution in [0.1, 0.15) is 17.1 Å². The van der Waals surface area contributed by atoms with E-state index in [1.807, 2.05) is 0 Å². The number of nitrogens with zero attached hydrogens (tertiary/aromatic N) is 1. The van der Waals surface area contributed by atoms with Gasteiger partial charge in [-0.1, -0.05) is 15.9 Å². The van der Waals surface area contributed by atoms with Crippen molar-refractivity contribution in [2.75, 3.05) is 5.32 Å². The summed E-state index contributed by atoms with van der Waals surface area (Å²) in [6.07, 6.45) is -2.80. The van der Waals surface area contributed by atoms with Gasteiger partial charge in [0, 0.05) is 10.2 Å². The van der Waals surface area contributed by atoms with E-state index in [-0.39, 0.29) is 12.2 Å². The molecule has 0 radical (unpaired) electrons. The number of aromatic amines is 1. The molecular weight excluding hydrogens is 323 g/mol. The minimum atomic E-state index is -4.39. The maximum absolute atomic E-state index is 12.9. The first kappa shape index (κ1) is 13.9. The van der Waals surface area contributed by atoms with Gasteiger partial charge in [-0.15, -0.1) is 0 Å². The van der Waals surface area contributed by atoms with Crippen molar-refractivity contribution in [1.29, 1.82) is 0 Å². The molecule has 3 nitrogen and oxygen atoms in total. The molecule has 1 aromatic heterocycles. The first-order valence-corrected chi connectivity index (χ1v) is 6.26. The number of halogens is 4. The van der Waals surface area contributed by atoms with Crippen LogP contribution in [0.2, 0.25) is 0 Å². The highest BCUT2D eigenvalue weighted by atomic mass is 79.9. The number of imidazole rings is 1. The van der Waals surface area contributed by atoms with Crippen molar-refractivity contribution in [2.45, 2.75) is 19.6 Å². The third-order valence-corrected chi connectivity index (χ3v) is 3.01. The van der Waals surface area contributed by atoms with Crippen LogP contribution in [-0.4, -0.2) is 9.97 Å². The van der Waals surface area contributed by atoms with Crippen molar-refractivity contribution in [3.8, 4) is 0 Å². The second-order valence-electron chi connectivity index (χ2n) is 4.04. The largest absolute Gasteiger partial charge is 0.418 e. The number of benzene rings is 1. The lowest BCUT2D eigenvalue weighted by Crippen LogP contribution is -2.11. The van der Waals surface area contributed by atoms with E-state index in [2.05, 4.69) is 31.2 Å². The molecule has 7 heteroatoms. The van der Waals surface area contributed by atoms with E-state index in [4.69, 9.17) is 0 Å². The average molecular weight is 334 g/mol. The van der Waals surface area contributed by atoms with E-state index in [9.17, 15) is 13.2 Å². The monoisotopic (exact) mass is 333 g/mol. The maximum Gasteiger partial charge on any atom is 0.418 e. The first-order valence-electron chi connectivity index (χ1n) is 5.47. The number of hydrogen-bond donors (Lipinski definition) is 2. The molecule has 2 N–H and O–H groups in total. The molecule has 0 unspecified atom stereocenters. The summed E-state index contributed by atoms with van der Waals surface area (Å²) in [6, 6.07) is 4.02. The Kier molecular flexibility index (Phi) is 3.84. The zero-order chi connectivity index (χ0) is 14.0. The zero-order valence-electron chi connectivity index (χ0n) is 9.98. The summed E-state index contributed by atoms with van der Waals surface area (Å²) in [5, 5.41) is 2.76. The smallest absolute Gasteiger partial charge is 0.379 e. The Morgan fingerprint density at radius 3 is 2.68 bits per heavy atom. The fraction of sp³-hybridized carbons (Fsp3) is 0.250.